The largest absolute Gasteiger partial charge is 0.508 e. The van der Waals surface area contributed by atoms with Gasteiger partial charge in [-0.25, -0.2) is 4.79 Å². The molecule has 0 saturated carbocycles. The second kappa shape index (κ2) is 5.95. The van der Waals surface area contributed by atoms with Gasteiger partial charge >= 0.3 is 5.97 Å². The van der Waals surface area contributed by atoms with Crippen molar-refractivity contribution in [1.29, 1.82) is 0 Å². The number of aromatic carboxylic acids is 1. The fraction of sp³-hybridized carbons (Fsp3) is 0.533. The third kappa shape index (κ3) is 3.63. The van der Waals surface area contributed by atoms with Gasteiger partial charge in [-0.2, -0.15) is 0 Å². The number of carbonyl (C=O) groups is 1. The quantitative estimate of drug-likeness (QED) is 0.542. The van der Waals surface area contributed by atoms with E-state index in [4.69, 9.17) is 5.11 Å². The highest BCUT2D eigenvalue weighted by atomic mass is 16.4. The van der Waals surface area contributed by atoms with E-state index in [0.717, 1.165) is 31.7 Å². The highest BCUT2D eigenvalue weighted by Crippen LogP contribution is 2.38. The maximum atomic E-state index is 10.9. The summed E-state index contributed by atoms with van der Waals surface area (Å²) in [5.41, 5.74) is 0.0185. The summed E-state index contributed by atoms with van der Waals surface area (Å²) in [5.74, 6) is -1.62. The molecule has 0 heterocycles. The molecule has 1 aromatic carbocycles. The molecule has 106 valence electrons. The van der Waals surface area contributed by atoms with Crippen molar-refractivity contribution in [3.8, 4) is 11.5 Å². The SMILES string of the molecule is CCCCCC(C)(C)c1cc(O)c(C(=O)O)cc1O. The van der Waals surface area contributed by atoms with Gasteiger partial charge in [0.25, 0.3) is 0 Å². The molecule has 0 fully saturated rings. The highest BCUT2D eigenvalue weighted by molar-refractivity contribution is 5.91. The van der Waals surface area contributed by atoms with Crippen LogP contribution in [0.25, 0.3) is 0 Å². The van der Waals surface area contributed by atoms with E-state index in [1.54, 1.807) is 0 Å². The van der Waals surface area contributed by atoms with Crippen LogP contribution in [0.3, 0.4) is 0 Å². The smallest absolute Gasteiger partial charge is 0.339 e. The highest BCUT2D eigenvalue weighted by Gasteiger charge is 2.26. The lowest BCUT2D eigenvalue weighted by atomic mass is 9.79. The molecule has 0 amide bonds. The fourth-order valence-corrected chi connectivity index (χ4v) is 2.24. The summed E-state index contributed by atoms with van der Waals surface area (Å²) >= 11 is 0. The third-order valence-corrected chi connectivity index (χ3v) is 3.48. The Balaban J connectivity index is 3.06. The van der Waals surface area contributed by atoms with Crippen LogP contribution in [0, 0.1) is 0 Å². The van der Waals surface area contributed by atoms with E-state index in [-0.39, 0.29) is 22.5 Å². The van der Waals surface area contributed by atoms with Crippen molar-refractivity contribution in [2.75, 3.05) is 0 Å². The Morgan fingerprint density at radius 3 is 2.32 bits per heavy atom. The van der Waals surface area contributed by atoms with E-state index in [0.29, 0.717) is 5.56 Å². The lowest BCUT2D eigenvalue weighted by Crippen LogP contribution is -2.17. The van der Waals surface area contributed by atoms with E-state index in [2.05, 4.69) is 6.92 Å². The van der Waals surface area contributed by atoms with Crippen LogP contribution < -0.4 is 0 Å². The van der Waals surface area contributed by atoms with Crippen molar-refractivity contribution in [3.05, 3.63) is 23.3 Å². The molecule has 0 aliphatic heterocycles. The summed E-state index contributed by atoms with van der Waals surface area (Å²) in [6.45, 7) is 6.09. The lowest BCUT2D eigenvalue weighted by Gasteiger charge is -2.26. The van der Waals surface area contributed by atoms with Crippen molar-refractivity contribution in [2.45, 2.75) is 51.9 Å². The van der Waals surface area contributed by atoms with Crippen LogP contribution in [-0.2, 0) is 5.41 Å². The van der Waals surface area contributed by atoms with Crippen LogP contribution in [0.4, 0.5) is 0 Å². The predicted molar refractivity (Wildman–Crippen MR) is 73.9 cm³/mol. The van der Waals surface area contributed by atoms with Crippen molar-refractivity contribution in [3.63, 3.8) is 0 Å². The molecule has 0 atom stereocenters. The number of benzene rings is 1. The van der Waals surface area contributed by atoms with Crippen molar-refractivity contribution in [1.82, 2.24) is 0 Å². The van der Waals surface area contributed by atoms with Gasteiger partial charge in [0.05, 0.1) is 0 Å². The number of hydrogen-bond donors (Lipinski definition) is 3. The Morgan fingerprint density at radius 2 is 1.79 bits per heavy atom. The first-order valence-electron chi connectivity index (χ1n) is 6.59. The summed E-state index contributed by atoms with van der Waals surface area (Å²) < 4.78 is 0. The number of carboxylic acids is 1. The van der Waals surface area contributed by atoms with Crippen LogP contribution in [0.15, 0.2) is 12.1 Å². The normalized spacial score (nSPS) is 11.5. The molecule has 1 aromatic rings. The van der Waals surface area contributed by atoms with Gasteiger partial charge in [-0.3, -0.25) is 0 Å². The van der Waals surface area contributed by atoms with E-state index in [9.17, 15) is 15.0 Å². The summed E-state index contributed by atoms with van der Waals surface area (Å²) in [4.78, 5) is 10.9. The van der Waals surface area contributed by atoms with Crippen LogP contribution in [0.2, 0.25) is 0 Å². The minimum absolute atomic E-state index is 0.0725. The molecule has 3 N–H and O–H groups in total. The fourth-order valence-electron chi connectivity index (χ4n) is 2.24. The van der Waals surface area contributed by atoms with E-state index in [1.807, 2.05) is 13.8 Å². The van der Waals surface area contributed by atoms with Crippen molar-refractivity contribution >= 4 is 5.97 Å². The molecule has 4 heteroatoms. The first-order valence-corrected chi connectivity index (χ1v) is 6.59. The molecular weight excluding hydrogens is 244 g/mol. The molecule has 0 radical (unpaired) electrons. The summed E-state index contributed by atoms with van der Waals surface area (Å²) in [5, 5.41) is 28.6. The molecule has 0 aliphatic carbocycles. The maximum absolute atomic E-state index is 10.9. The number of rotatable bonds is 6. The summed E-state index contributed by atoms with van der Waals surface area (Å²) in [6, 6.07) is 2.49. The first kappa shape index (κ1) is 15.3. The van der Waals surface area contributed by atoms with Gasteiger partial charge in [0.1, 0.15) is 17.1 Å². The molecule has 1 rings (SSSR count). The van der Waals surface area contributed by atoms with Gasteiger partial charge < -0.3 is 15.3 Å². The van der Waals surface area contributed by atoms with E-state index in [1.165, 1.54) is 6.07 Å². The van der Waals surface area contributed by atoms with Crippen LogP contribution >= 0.6 is 0 Å². The average molecular weight is 266 g/mol. The zero-order valence-electron chi connectivity index (χ0n) is 11.7. The molecule has 19 heavy (non-hydrogen) atoms. The van der Waals surface area contributed by atoms with Crippen molar-refractivity contribution < 1.29 is 20.1 Å². The lowest BCUT2D eigenvalue weighted by molar-refractivity contribution is 0.0693. The zero-order valence-corrected chi connectivity index (χ0v) is 11.7. The zero-order chi connectivity index (χ0) is 14.6. The van der Waals surface area contributed by atoms with E-state index < -0.39 is 5.97 Å². The molecule has 0 aliphatic rings. The second-order valence-corrected chi connectivity index (χ2v) is 5.53. The Hall–Kier alpha value is -1.71. The number of aromatic hydroxyl groups is 2. The Kier molecular flexibility index (Phi) is 4.81. The number of carboxylic acid groups (broad SMARTS) is 1. The first-order chi connectivity index (χ1) is 8.79. The van der Waals surface area contributed by atoms with E-state index >= 15 is 0 Å². The third-order valence-electron chi connectivity index (χ3n) is 3.48. The van der Waals surface area contributed by atoms with Gasteiger partial charge in [-0.1, -0.05) is 40.0 Å². The average Bonchev–Trinajstić information content (AvgIpc) is 2.31. The Morgan fingerprint density at radius 1 is 1.16 bits per heavy atom. The summed E-state index contributed by atoms with van der Waals surface area (Å²) in [6.07, 6.45) is 4.14. The molecule has 0 spiro atoms. The van der Waals surface area contributed by atoms with Gasteiger partial charge in [0, 0.05) is 5.56 Å². The molecule has 0 bridgehead atoms. The number of phenols is 2. The van der Waals surface area contributed by atoms with Gasteiger partial charge in [0.2, 0.25) is 0 Å². The van der Waals surface area contributed by atoms with Crippen LogP contribution in [0.5, 0.6) is 11.5 Å². The Labute approximate surface area is 113 Å². The monoisotopic (exact) mass is 266 g/mol. The second-order valence-electron chi connectivity index (χ2n) is 5.53. The number of unbranched alkanes of at least 4 members (excludes halogenated alkanes) is 2. The van der Waals surface area contributed by atoms with Gasteiger partial charge in [-0.15, -0.1) is 0 Å². The van der Waals surface area contributed by atoms with Crippen LogP contribution in [-0.4, -0.2) is 21.3 Å². The van der Waals surface area contributed by atoms with Gasteiger partial charge in [0.15, 0.2) is 0 Å². The molecule has 0 unspecified atom stereocenters. The predicted octanol–water partition coefficient (Wildman–Crippen LogP) is 3.65. The van der Waals surface area contributed by atoms with Crippen LogP contribution in [0.1, 0.15) is 62.4 Å². The topological polar surface area (TPSA) is 77.8 Å². The number of hydrogen-bond acceptors (Lipinski definition) is 3. The Bertz CT molecular complexity index is 463. The maximum Gasteiger partial charge on any atom is 0.339 e. The molecule has 4 nitrogen and oxygen atoms in total. The summed E-state index contributed by atoms with van der Waals surface area (Å²) in [7, 11) is 0. The minimum Gasteiger partial charge on any atom is -0.508 e. The van der Waals surface area contributed by atoms with Crippen molar-refractivity contribution in [2.24, 2.45) is 0 Å². The molecule has 0 aromatic heterocycles. The standard InChI is InChI=1S/C15H22O4/c1-4-5-6-7-15(2,3)11-9-12(16)10(14(18)19)8-13(11)17/h8-9,16-17H,4-7H2,1-3H3,(H,18,19). The molecular formula is C15H22O4. The number of phenolic OH excluding ortho intramolecular Hbond substituents is 1. The van der Waals surface area contributed by atoms with Gasteiger partial charge in [-0.05, 0) is 24.0 Å². The minimum atomic E-state index is -1.25. The molecule has 0 saturated heterocycles.